The van der Waals surface area contributed by atoms with Gasteiger partial charge in [-0.1, -0.05) is 96.0 Å². The van der Waals surface area contributed by atoms with Crippen molar-refractivity contribution in [3.05, 3.63) is 117 Å². The summed E-state index contributed by atoms with van der Waals surface area (Å²) in [4.78, 5) is 26.8. The average Bonchev–Trinajstić information content (AvgIpc) is 3.36. The Morgan fingerprint density at radius 2 is 1.58 bits per heavy atom. The Kier molecular flexibility index (Phi) is 7.70. The van der Waals surface area contributed by atoms with Crippen molar-refractivity contribution >= 4 is 45.9 Å². The summed E-state index contributed by atoms with van der Waals surface area (Å²) in [7, 11) is 0. The molecule has 0 unspecified atom stereocenters. The fraction of sp³-hybridized carbons (Fsp3) is 0.226. The minimum absolute atomic E-state index is 0.00816. The number of carbonyl (C=O) groups excluding carboxylic acids is 1. The van der Waals surface area contributed by atoms with E-state index in [1.54, 1.807) is 4.90 Å². The molecule has 1 amide bonds. The van der Waals surface area contributed by atoms with E-state index in [2.05, 4.69) is 60.8 Å². The van der Waals surface area contributed by atoms with Crippen molar-refractivity contribution in [2.45, 2.75) is 18.9 Å². The Balaban J connectivity index is 1.38. The summed E-state index contributed by atoms with van der Waals surface area (Å²) in [5.74, 6) is -1.13. The first-order valence-corrected chi connectivity index (χ1v) is 13.4. The highest BCUT2D eigenvalue weighted by molar-refractivity contribution is 6.37. The molecular formula is C31H28Cl2N2O3. The van der Waals surface area contributed by atoms with Crippen LogP contribution in [0.5, 0.6) is 0 Å². The van der Waals surface area contributed by atoms with Crippen LogP contribution in [0, 0.1) is 5.92 Å². The normalized spacial score (nSPS) is 18.0. The number of likely N-dealkylation sites (tertiary alicyclic amines) is 1. The molecule has 1 aliphatic rings. The van der Waals surface area contributed by atoms with E-state index in [0.29, 0.717) is 13.1 Å². The second kappa shape index (κ2) is 11.2. The lowest BCUT2D eigenvalue weighted by molar-refractivity contribution is 0.0695. The minimum Gasteiger partial charge on any atom is -0.478 e. The highest BCUT2D eigenvalue weighted by atomic mass is 35.5. The summed E-state index contributed by atoms with van der Waals surface area (Å²) < 4.78 is 0. The topological polar surface area (TPSA) is 69.6 Å². The quantitative estimate of drug-likeness (QED) is 0.260. The number of hydrogen-bond acceptors (Lipinski definition) is 3. The van der Waals surface area contributed by atoms with E-state index < -0.39 is 5.97 Å². The van der Waals surface area contributed by atoms with Crippen molar-refractivity contribution in [1.82, 2.24) is 10.2 Å². The Morgan fingerprint density at radius 3 is 2.34 bits per heavy atom. The molecular weight excluding hydrogens is 519 g/mol. The molecule has 0 radical (unpaired) electrons. The van der Waals surface area contributed by atoms with E-state index in [4.69, 9.17) is 23.2 Å². The number of rotatable bonds is 7. The Labute approximate surface area is 232 Å². The highest BCUT2D eigenvalue weighted by Crippen LogP contribution is 2.35. The maximum Gasteiger partial charge on any atom is 0.337 e. The maximum absolute atomic E-state index is 13.5. The van der Waals surface area contributed by atoms with Gasteiger partial charge in [0.15, 0.2) is 0 Å². The molecule has 0 saturated carbocycles. The zero-order valence-electron chi connectivity index (χ0n) is 20.9. The van der Waals surface area contributed by atoms with E-state index in [-0.39, 0.29) is 45.0 Å². The number of carboxylic acids is 1. The van der Waals surface area contributed by atoms with Crippen LogP contribution in [0.15, 0.2) is 84.9 Å². The zero-order valence-corrected chi connectivity index (χ0v) is 22.4. The zero-order chi connectivity index (χ0) is 26.8. The monoisotopic (exact) mass is 546 g/mol. The second-order valence-electron chi connectivity index (χ2n) is 9.80. The Morgan fingerprint density at radius 1 is 0.921 bits per heavy atom. The summed E-state index contributed by atoms with van der Waals surface area (Å²) in [6.45, 7) is 3.97. The molecule has 7 heteroatoms. The van der Waals surface area contributed by atoms with Gasteiger partial charge in [0.25, 0.3) is 5.91 Å². The smallest absolute Gasteiger partial charge is 0.337 e. The summed E-state index contributed by atoms with van der Waals surface area (Å²) in [5, 5.41) is 15.6. The molecule has 1 saturated heterocycles. The largest absolute Gasteiger partial charge is 0.478 e. The number of hydrogen-bond donors (Lipinski definition) is 2. The number of halogens is 2. The third-order valence-electron chi connectivity index (χ3n) is 7.45. The van der Waals surface area contributed by atoms with E-state index >= 15 is 0 Å². The van der Waals surface area contributed by atoms with Crippen LogP contribution in [-0.4, -0.2) is 41.5 Å². The third-order valence-corrected chi connectivity index (χ3v) is 8.08. The highest BCUT2D eigenvalue weighted by Gasteiger charge is 2.37. The SMILES string of the molecule is C[C@@H](NC[C@@H]1CN(C(=O)c2cc(Cl)c(C(=O)O)cc2Cl)C[C@@H]1c1ccccc1)c1cccc2ccccc12. The van der Waals surface area contributed by atoms with E-state index in [1.807, 2.05) is 24.3 Å². The fourth-order valence-corrected chi connectivity index (χ4v) is 5.92. The number of amides is 1. The third kappa shape index (κ3) is 5.28. The van der Waals surface area contributed by atoms with Gasteiger partial charge in [0.1, 0.15) is 0 Å². The van der Waals surface area contributed by atoms with Crippen LogP contribution in [0.25, 0.3) is 10.8 Å². The summed E-state index contributed by atoms with van der Waals surface area (Å²) in [5.41, 5.74) is 2.51. The number of aromatic carboxylic acids is 1. The molecule has 4 aromatic rings. The van der Waals surface area contributed by atoms with Crippen molar-refractivity contribution in [1.29, 1.82) is 0 Å². The summed E-state index contributed by atoms with van der Waals surface area (Å²) in [6.07, 6.45) is 0. The van der Waals surface area contributed by atoms with Gasteiger partial charge >= 0.3 is 5.97 Å². The molecule has 5 rings (SSSR count). The lowest BCUT2D eigenvalue weighted by atomic mass is 9.88. The van der Waals surface area contributed by atoms with Gasteiger partial charge in [-0.2, -0.15) is 0 Å². The van der Waals surface area contributed by atoms with Crippen LogP contribution in [0.2, 0.25) is 10.0 Å². The molecule has 0 aromatic heterocycles. The molecule has 194 valence electrons. The molecule has 5 nitrogen and oxygen atoms in total. The molecule has 1 fully saturated rings. The van der Waals surface area contributed by atoms with Gasteiger partial charge in [0, 0.05) is 31.6 Å². The first kappa shape index (κ1) is 26.2. The van der Waals surface area contributed by atoms with Crippen molar-refractivity contribution in [2.75, 3.05) is 19.6 Å². The van der Waals surface area contributed by atoms with E-state index in [1.165, 1.54) is 34.0 Å². The molecule has 0 spiro atoms. The standard InChI is InChI=1S/C31H28Cl2N2O3/c1-19(23-13-7-11-20-10-5-6-12-24(20)23)34-16-22-17-35(18-27(22)21-8-3-2-4-9-21)30(36)25-14-29(33)26(31(37)38)15-28(25)32/h2-15,19,22,27,34H,16-18H2,1H3,(H,37,38)/t19-,22-,27-/m1/s1. The van der Waals surface area contributed by atoms with E-state index in [9.17, 15) is 14.7 Å². The van der Waals surface area contributed by atoms with Gasteiger partial charge in [0.2, 0.25) is 0 Å². The predicted molar refractivity (Wildman–Crippen MR) is 152 cm³/mol. The van der Waals surface area contributed by atoms with Crippen molar-refractivity contribution in [3.8, 4) is 0 Å². The summed E-state index contributed by atoms with van der Waals surface area (Å²) >= 11 is 12.5. The van der Waals surface area contributed by atoms with E-state index in [0.717, 1.165) is 6.54 Å². The molecule has 1 aliphatic heterocycles. The van der Waals surface area contributed by atoms with Crippen molar-refractivity contribution in [2.24, 2.45) is 5.92 Å². The fourth-order valence-electron chi connectivity index (χ4n) is 5.43. The van der Waals surface area contributed by atoms with Gasteiger partial charge in [-0.25, -0.2) is 4.79 Å². The predicted octanol–water partition coefficient (Wildman–Crippen LogP) is 7.05. The Bertz CT molecular complexity index is 1490. The first-order valence-electron chi connectivity index (χ1n) is 12.6. The average molecular weight is 547 g/mol. The van der Waals surface area contributed by atoms with Gasteiger partial charge < -0.3 is 15.3 Å². The van der Waals surface area contributed by atoms with Crippen molar-refractivity contribution < 1.29 is 14.7 Å². The number of carbonyl (C=O) groups is 2. The van der Waals surface area contributed by atoms with Crippen molar-refractivity contribution in [3.63, 3.8) is 0 Å². The van der Waals surface area contributed by atoms with Crippen LogP contribution in [0.4, 0.5) is 0 Å². The van der Waals surface area contributed by atoms with Crippen LogP contribution in [0.1, 0.15) is 50.7 Å². The number of fused-ring (bicyclic) bond motifs is 1. The van der Waals surface area contributed by atoms with Gasteiger partial charge in [-0.05, 0) is 46.9 Å². The van der Waals surface area contributed by atoms with Gasteiger partial charge in [-0.3, -0.25) is 4.79 Å². The second-order valence-corrected chi connectivity index (χ2v) is 10.6. The van der Waals surface area contributed by atoms with Crippen LogP contribution in [0.3, 0.4) is 0 Å². The maximum atomic E-state index is 13.5. The lowest BCUT2D eigenvalue weighted by Gasteiger charge is -2.23. The van der Waals surface area contributed by atoms with Crippen LogP contribution in [-0.2, 0) is 0 Å². The lowest BCUT2D eigenvalue weighted by Crippen LogP contribution is -2.32. The van der Waals surface area contributed by atoms with Gasteiger partial charge in [-0.15, -0.1) is 0 Å². The molecule has 0 bridgehead atoms. The molecule has 4 aromatic carbocycles. The molecule has 1 heterocycles. The molecule has 0 aliphatic carbocycles. The van der Waals surface area contributed by atoms with Crippen LogP contribution < -0.4 is 5.32 Å². The number of nitrogens with zero attached hydrogens (tertiary/aromatic N) is 1. The number of carboxylic acid groups (broad SMARTS) is 1. The van der Waals surface area contributed by atoms with Crippen LogP contribution >= 0.6 is 23.2 Å². The molecule has 2 N–H and O–H groups in total. The molecule has 38 heavy (non-hydrogen) atoms. The first-order chi connectivity index (χ1) is 18.3. The Hall–Kier alpha value is -3.38. The summed E-state index contributed by atoms with van der Waals surface area (Å²) in [6, 6.07) is 27.7. The molecule has 3 atom stereocenters. The minimum atomic E-state index is -1.19. The number of benzene rings is 4. The van der Waals surface area contributed by atoms with Gasteiger partial charge in [0.05, 0.1) is 21.2 Å². The number of nitrogens with one attached hydrogen (secondary N) is 1.